The molecule has 198 valence electrons. The summed E-state index contributed by atoms with van der Waals surface area (Å²) in [5.74, 6) is -0.109. The average molecular weight is 557 g/mol. The number of methoxy groups -OCH3 is 2. The monoisotopic (exact) mass is 556 g/mol. The summed E-state index contributed by atoms with van der Waals surface area (Å²) in [6.07, 6.45) is 1.72. The minimum absolute atomic E-state index is 0.194. The Morgan fingerprint density at radius 2 is 1.89 bits per heavy atom. The summed E-state index contributed by atoms with van der Waals surface area (Å²) in [6.45, 7) is 3.51. The molecule has 0 aliphatic carbocycles. The molecule has 0 unspecified atom stereocenters. The number of hydrogen-bond acceptors (Lipinski definition) is 9. The molecule has 9 nitrogen and oxygen atoms in total. The lowest BCUT2D eigenvalue weighted by Crippen LogP contribution is -2.40. The van der Waals surface area contributed by atoms with Gasteiger partial charge in [0, 0.05) is 10.6 Å². The van der Waals surface area contributed by atoms with E-state index in [9.17, 15) is 14.4 Å². The van der Waals surface area contributed by atoms with E-state index in [4.69, 9.17) is 30.5 Å². The van der Waals surface area contributed by atoms with Crippen LogP contribution in [0.15, 0.2) is 63.5 Å². The van der Waals surface area contributed by atoms with Gasteiger partial charge in [-0.15, -0.1) is 0 Å². The fourth-order valence-electron chi connectivity index (χ4n) is 4.06. The van der Waals surface area contributed by atoms with Crippen LogP contribution in [0.4, 0.5) is 0 Å². The lowest BCUT2D eigenvalue weighted by molar-refractivity contribution is -0.145. The number of rotatable bonds is 8. The Bertz CT molecular complexity index is 1590. The second-order valence-corrected chi connectivity index (χ2v) is 9.57. The molecule has 1 aromatic heterocycles. The number of fused-ring (bicyclic) bond motifs is 1. The van der Waals surface area contributed by atoms with Crippen LogP contribution in [0.5, 0.6) is 11.5 Å². The van der Waals surface area contributed by atoms with Gasteiger partial charge < -0.3 is 18.9 Å². The minimum atomic E-state index is -0.854. The van der Waals surface area contributed by atoms with Gasteiger partial charge in [0.05, 0.1) is 36.6 Å². The van der Waals surface area contributed by atoms with Crippen molar-refractivity contribution in [3.8, 4) is 11.5 Å². The Morgan fingerprint density at radius 1 is 1.16 bits per heavy atom. The Hall–Kier alpha value is -3.89. The van der Waals surface area contributed by atoms with Crippen LogP contribution in [-0.2, 0) is 19.1 Å². The maximum atomic E-state index is 13.7. The highest BCUT2D eigenvalue weighted by atomic mass is 35.5. The van der Waals surface area contributed by atoms with Gasteiger partial charge in [-0.2, -0.15) is 0 Å². The number of aromatic nitrogens is 1. The SMILES string of the molecule is CCOC(=O)COc1ccc(/C=c2\sc3n(c2=O)[C@@H](c2cc(Cl)ccc2OC)C(C(=O)OC)=C(C)N=3)cc1. The summed E-state index contributed by atoms with van der Waals surface area (Å²) in [5.41, 5.74) is 1.58. The number of carbonyl (C=O) groups is 2. The van der Waals surface area contributed by atoms with Crippen LogP contribution in [0.1, 0.15) is 31.0 Å². The number of nitrogens with zero attached hydrogens (tertiary/aromatic N) is 2. The number of carbonyl (C=O) groups excluding carboxylic acids is 2. The predicted molar refractivity (Wildman–Crippen MR) is 142 cm³/mol. The van der Waals surface area contributed by atoms with E-state index in [0.717, 1.165) is 5.56 Å². The van der Waals surface area contributed by atoms with Crippen molar-refractivity contribution in [1.82, 2.24) is 4.57 Å². The number of ether oxygens (including phenoxy) is 4. The topological polar surface area (TPSA) is 105 Å². The molecule has 1 aliphatic rings. The van der Waals surface area contributed by atoms with Crippen molar-refractivity contribution in [2.75, 3.05) is 27.4 Å². The van der Waals surface area contributed by atoms with Gasteiger partial charge >= 0.3 is 11.9 Å². The van der Waals surface area contributed by atoms with Gasteiger partial charge in [0.25, 0.3) is 5.56 Å². The molecule has 0 N–H and O–H groups in total. The summed E-state index contributed by atoms with van der Waals surface area (Å²) >= 11 is 7.50. The number of hydrogen-bond donors (Lipinski definition) is 0. The van der Waals surface area contributed by atoms with Crippen molar-refractivity contribution in [2.24, 2.45) is 4.99 Å². The molecule has 11 heteroatoms. The molecule has 0 saturated heterocycles. The molecule has 3 aromatic rings. The first-order valence-electron chi connectivity index (χ1n) is 11.6. The molecular weight excluding hydrogens is 532 g/mol. The van der Waals surface area contributed by atoms with Crippen LogP contribution in [0, 0.1) is 0 Å². The molecule has 4 rings (SSSR count). The van der Waals surface area contributed by atoms with E-state index in [1.807, 2.05) is 0 Å². The summed E-state index contributed by atoms with van der Waals surface area (Å²) in [4.78, 5) is 43.0. The van der Waals surface area contributed by atoms with E-state index in [1.54, 1.807) is 62.4 Å². The molecule has 0 radical (unpaired) electrons. The van der Waals surface area contributed by atoms with Crippen LogP contribution in [0.2, 0.25) is 5.02 Å². The molecule has 0 amide bonds. The van der Waals surface area contributed by atoms with Gasteiger partial charge in [0.2, 0.25) is 0 Å². The highest BCUT2D eigenvalue weighted by molar-refractivity contribution is 7.07. The number of allylic oxidation sites excluding steroid dienone is 1. The molecular formula is C27H25ClN2O7S. The first kappa shape index (κ1) is 27.2. The number of esters is 2. The molecule has 1 atom stereocenters. The second kappa shape index (κ2) is 11.7. The van der Waals surface area contributed by atoms with Crippen LogP contribution in [-0.4, -0.2) is 43.9 Å². The largest absolute Gasteiger partial charge is 0.496 e. The van der Waals surface area contributed by atoms with E-state index in [-0.39, 0.29) is 24.3 Å². The van der Waals surface area contributed by atoms with E-state index >= 15 is 0 Å². The molecule has 0 bridgehead atoms. The Morgan fingerprint density at radius 3 is 2.55 bits per heavy atom. The summed E-state index contributed by atoms with van der Waals surface area (Å²) in [5, 5.41) is 0.423. The van der Waals surface area contributed by atoms with Crippen LogP contribution in [0.3, 0.4) is 0 Å². The molecule has 2 aromatic carbocycles. The highest BCUT2D eigenvalue weighted by Crippen LogP contribution is 2.37. The van der Waals surface area contributed by atoms with Crippen molar-refractivity contribution < 1.29 is 28.5 Å². The lowest BCUT2D eigenvalue weighted by atomic mass is 9.95. The average Bonchev–Trinajstić information content (AvgIpc) is 3.21. The zero-order chi connectivity index (χ0) is 27.4. The van der Waals surface area contributed by atoms with Gasteiger partial charge in [0.1, 0.15) is 17.5 Å². The van der Waals surface area contributed by atoms with E-state index in [1.165, 1.54) is 30.1 Å². The fourth-order valence-corrected chi connectivity index (χ4v) is 5.29. The van der Waals surface area contributed by atoms with Crippen molar-refractivity contribution >= 4 is 41.0 Å². The van der Waals surface area contributed by atoms with Crippen molar-refractivity contribution in [1.29, 1.82) is 0 Å². The summed E-state index contributed by atoms with van der Waals surface area (Å²) in [7, 11) is 2.78. The third-order valence-electron chi connectivity index (χ3n) is 5.75. The van der Waals surface area contributed by atoms with Crippen LogP contribution in [0.25, 0.3) is 6.08 Å². The summed E-state index contributed by atoms with van der Waals surface area (Å²) in [6, 6.07) is 11.1. The first-order valence-corrected chi connectivity index (χ1v) is 12.8. The van der Waals surface area contributed by atoms with Gasteiger partial charge in [-0.05, 0) is 55.8 Å². The maximum absolute atomic E-state index is 13.7. The van der Waals surface area contributed by atoms with Crippen LogP contribution < -0.4 is 24.4 Å². The Balaban J connectivity index is 1.79. The smallest absolute Gasteiger partial charge is 0.344 e. The quantitative estimate of drug-likeness (QED) is 0.393. The van der Waals surface area contributed by atoms with Gasteiger partial charge in [-0.25, -0.2) is 14.6 Å². The number of benzene rings is 2. The minimum Gasteiger partial charge on any atom is -0.496 e. The van der Waals surface area contributed by atoms with Gasteiger partial charge in [0.15, 0.2) is 11.4 Å². The van der Waals surface area contributed by atoms with Crippen molar-refractivity contribution in [2.45, 2.75) is 19.9 Å². The van der Waals surface area contributed by atoms with Crippen LogP contribution >= 0.6 is 22.9 Å². The normalized spacial score (nSPS) is 15.0. The number of halogens is 1. The molecule has 0 fully saturated rings. The maximum Gasteiger partial charge on any atom is 0.344 e. The molecule has 38 heavy (non-hydrogen) atoms. The molecule has 1 aliphatic heterocycles. The predicted octanol–water partition coefficient (Wildman–Crippen LogP) is 3.01. The third-order valence-corrected chi connectivity index (χ3v) is 6.97. The van der Waals surface area contributed by atoms with Gasteiger partial charge in [-0.3, -0.25) is 9.36 Å². The van der Waals surface area contributed by atoms with E-state index < -0.39 is 18.0 Å². The third kappa shape index (κ3) is 5.51. The first-order chi connectivity index (χ1) is 18.3. The van der Waals surface area contributed by atoms with E-state index in [2.05, 4.69) is 4.99 Å². The standard InChI is InChI=1S/C27H25ClN2O7S/c1-5-36-22(31)14-37-18-9-6-16(7-10-18)12-21-25(32)30-24(19-13-17(28)8-11-20(19)34-3)23(26(33)35-4)15(2)29-27(30)38-21/h6-13,24H,5,14H2,1-4H3/b21-12-/t24-/m0/s1. The van der Waals surface area contributed by atoms with Crippen molar-refractivity contribution in [3.63, 3.8) is 0 Å². The zero-order valence-electron chi connectivity index (χ0n) is 21.1. The fraction of sp³-hybridized carbons (Fsp3) is 0.259. The zero-order valence-corrected chi connectivity index (χ0v) is 22.7. The Kier molecular flexibility index (Phi) is 8.33. The summed E-state index contributed by atoms with van der Waals surface area (Å²) < 4.78 is 22.7. The molecule has 0 spiro atoms. The second-order valence-electron chi connectivity index (χ2n) is 8.12. The van der Waals surface area contributed by atoms with E-state index in [0.29, 0.717) is 37.1 Å². The number of thiazole rings is 1. The van der Waals surface area contributed by atoms with Gasteiger partial charge in [-0.1, -0.05) is 35.1 Å². The molecule has 2 heterocycles. The van der Waals surface area contributed by atoms with Crippen molar-refractivity contribution in [3.05, 3.63) is 89.6 Å². The highest BCUT2D eigenvalue weighted by Gasteiger charge is 2.35. The Labute approximate surface area is 227 Å². The lowest BCUT2D eigenvalue weighted by Gasteiger charge is -2.25. The molecule has 0 saturated carbocycles.